The van der Waals surface area contributed by atoms with Gasteiger partial charge in [0.05, 0.1) is 0 Å². The quantitative estimate of drug-likeness (QED) is 0.654. The van der Waals surface area contributed by atoms with Gasteiger partial charge in [0.2, 0.25) is 0 Å². The average molecular weight is 211 g/mol. The molecule has 0 aromatic carbocycles. The van der Waals surface area contributed by atoms with Gasteiger partial charge in [-0.2, -0.15) is 0 Å². The smallest absolute Gasteiger partial charge is 0.0468 e. The van der Waals surface area contributed by atoms with Crippen LogP contribution in [0.4, 0.5) is 0 Å². The minimum atomic E-state index is 0.792. The third-order valence-corrected chi connectivity index (χ3v) is 3.90. The van der Waals surface area contributed by atoms with Crippen molar-refractivity contribution in [3.8, 4) is 0 Å². The largest absolute Gasteiger partial charge is 0.381 e. The van der Waals surface area contributed by atoms with Gasteiger partial charge in [0.1, 0.15) is 0 Å². The summed E-state index contributed by atoms with van der Waals surface area (Å²) in [6.45, 7) is 3.21. The third kappa shape index (κ3) is 4.12. The van der Waals surface area contributed by atoms with Crippen molar-refractivity contribution in [3.63, 3.8) is 0 Å². The van der Waals surface area contributed by atoms with Crippen LogP contribution in [0.1, 0.15) is 51.4 Å². The number of hydrogen-bond donors (Lipinski definition) is 1. The molecule has 1 atom stereocenters. The standard InChI is InChI=1S/C13H25NO/c1-4-12(5-1)8-11-15-10-3-7-13-6-2-9-14-13/h12-14H,1-11H2. The Morgan fingerprint density at radius 1 is 1.00 bits per heavy atom. The lowest BCUT2D eigenvalue weighted by Crippen LogP contribution is -2.21. The molecule has 1 aliphatic heterocycles. The van der Waals surface area contributed by atoms with Crippen LogP contribution >= 0.6 is 0 Å². The van der Waals surface area contributed by atoms with Gasteiger partial charge in [-0.3, -0.25) is 0 Å². The van der Waals surface area contributed by atoms with E-state index in [-0.39, 0.29) is 0 Å². The van der Waals surface area contributed by atoms with Crippen LogP contribution in [0.15, 0.2) is 0 Å². The molecule has 1 N–H and O–H groups in total. The molecule has 1 heterocycles. The summed E-state index contributed by atoms with van der Waals surface area (Å²) >= 11 is 0. The molecule has 2 nitrogen and oxygen atoms in total. The lowest BCUT2D eigenvalue weighted by atomic mass is 9.83. The summed E-state index contributed by atoms with van der Waals surface area (Å²) in [5.41, 5.74) is 0. The highest BCUT2D eigenvalue weighted by Gasteiger charge is 2.16. The van der Waals surface area contributed by atoms with Crippen molar-refractivity contribution in [2.24, 2.45) is 5.92 Å². The summed E-state index contributed by atoms with van der Waals surface area (Å²) in [4.78, 5) is 0. The van der Waals surface area contributed by atoms with Crippen molar-refractivity contribution in [2.45, 2.75) is 57.4 Å². The maximum atomic E-state index is 5.67. The van der Waals surface area contributed by atoms with E-state index in [1.54, 1.807) is 0 Å². The van der Waals surface area contributed by atoms with E-state index < -0.39 is 0 Å². The van der Waals surface area contributed by atoms with Crippen molar-refractivity contribution in [3.05, 3.63) is 0 Å². The Bertz CT molecular complexity index is 162. The highest BCUT2D eigenvalue weighted by Crippen LogP contribution is 2.29. The number of hydrogen-bond acceptors (Lipinski definition) is 2. The fourth-order valence-electron chi connectivity index (χ4n) is 2.57. The van der Waals surface area contributed by atoms with Gasteiger partial charge >= 0.3 is 0 Å². The normalized spacial score (nSPS) is 26.8. The van der Waals surface area contributed by atoms with Crippen LogP contribution in [0.2, 0.25) is 0 Å². The molecule has 2 fully saturated rings. The van der Waals surface area contributed by atoms with E-state index in [1.165, 1.54) is 57.9 Å². The predicted molar refractivity (Wildman–Crippen MR) is 63.0 cm³/mol. The second-order valence-corrected chi connectivity index (χ2v) is 5.13. The minimum absolute atomic E-state index is 0.792. The van der Waals surface area contributed by atoms with Crippen molar-refractivity contribution in [1.82, 2.24) is 5.32 Å². The summed E-state index contributed by atoms with van der Waals surface area (Å²) in [7, 11) is 0. The van der Waals surface area contributed by atoms with Crippen molar-refractivity contribution in [1.29, 1.82) is 0 Å². The van der Waals surface area contributed by atoms with E-state index in [9.17, 15) is 0 Å². The molecule has 0 spiro atoms. The van der Waals surface area contributed by atoms with Gasteiger partial charge in [-0.1, -0.05) is 19.3 Å². The molecule has 0 aromatic rings. The zero-order valence-corrected chi connectivity index (χ0v) is 9.84. The van der Waals surface area contributed by atoms with Crippen LogP contribution in [-0.2, 0) is 4.74 Å². The first-order valence-electron chi connectivity index (χ1n) is 6.76. The number of rotatable bonds is 7. The molecule has 15 heavy (non-hydrogen) atoms. The third-order valence-electron chi connectivity index (χ3n) is 3.90. The molecule has 2 aliphatic rings. The lowest BCUT2D eigenvalue weighted by Gasteiger charge is -2.24. The van der Waals surface area contributed by atoms with E-state index in [0.29, 0.717) is 0 Å². The first-order chi connectivity index (χ1) is 7.45. The Kier molecular flexibility index (Phi) is 4.94. The lowest BCUT2D eigenvalue weighted by molar-refractivity contribution is 0.102. The molecule has 0 aromatic heterocycles. The first kappa shape index (κ1) is 11.4. The Morgan fingerprint density at radius 3 is 2.60 bits per heavy atom. The van der Waals surface area contributed by atoms with E-state index in [0.717, 1.165) is 25.2 Å². The molecule has 2 rings (SSSR count). The van der Waals surface area contributed by atoms with Crippen molar-refractivity contribution in [2.75, 3.05) is 19.8 Å². The summed E-state index contributed by atoms with van der Waals surface area (Å²) in [6.07, 6.45) is 11.0. The zero-order chi connectivity index (χ0) is 10.3. The van der Waals surface area contributed by atoms with Gasteiger partial charge in [-0.05, 0) is 44.6 Å². The van der Waals surface area contributed by atoms with Crippen molar-refractivity contribution >= 4 is 0 Å². The van der Waals surface area contributed by atoms with Crippen molar-refractivity contribution < 1.29 is 4.74 Å². The molecule has 0 amide bonds. The van der Waals surface area contributed by atoms with Gasteiger partial charge in [-0.25, -0.2) is 0 Å². The Labute approximate surface area is 93.8 Å². The molecule has 1 unspecified atom stereocenters. The topological polar surface area (TPSA) is 21.3 Å². The minimum Gasteiger partial charge on any atom is -0.381 e. The van der Waals surface area contributed by atoms with Gasteiger partial charge in [0.25, 0.3) is 0 Å². The monoisotopic (exact) mass is 211 g/mol. The Balaban J connectivity index is 1.35. The van der Waals surface area contributed by atoms with Crippen LogP contribution in [0.25, 0.3) is 0 Å². The summed E-state index contributed by atoms with van der Waals surface area (Å²) in [6, 6.07) is 0.792. The molecular formula is C13H25NO. The fraction of sp³-hybridized carbons (Fsp3) is 1.00. The van der Waals surface area contributed by atoms with Gasteiger partial charge < -0.3 is 10.1 Å². The van der Waals surface area contributed by atoms with E-state index in [4.69, 9.17) is 4.74 Å². The summed E-state index contributed by atoms with van der Waals surface area (Å²) in [5.74, 6) is 1.00. The molecular weight excluding hydrogens is 186 g/mol. The van der Waals surface area contributed by atoms with Crippen LogP contribution in [0.5, 0.6) is 0 Å². The highest BCUT2D eigenvalue weighted by molar-refractivity contribution is 4.73. The second kappa shape index (κ2) is 6.49. The molecule has 1 saturated heterocycles. The molecule has 88 valence electrons. The fourth-order valence-corrected chi connectivity index (χ4v) is 2.57. The zero-order valence-electron chi connectivity index (χ0n) is 9.84. The summed E-state index contributed by atoms with van der Waals surface area (Å²) in [5, 5.41) is 3.53. The number of ether oxygens (including phenoxy) is 1. The molecule has 2 heteroatoms. The van der Waals surface area contributed by atoms with Crippen LogP contribution in [0.3, 0.4) is 0 Å². The molecule has 1 aliphatic carbocycles. The predicted octanol–water partition coefficient (Wildman–Crippen LogP) is 2.73. The Hall–Kier alpha value is -0.0800. The average Bonchev–Trinajstić information content (AvgIpc) is 2.66. The van der Waals surface area contributed by atoms with Crippen LogP contribution in [0, 0.1) is 5.92 Å². The molecule has 0 radical (unpaired) electrons. The van der Waals surface area contributed by atoms with Gasteiger partial charge in [0.15, 0.2) is 0 Å². The number of nitrogens with one attached hydrogen (secondary N) is 1. The van der Waals surface area contributed by atoms with E-state index in [2.05, 4.69) is 5.32 Å². The van der Waals surface area contributed by atoms with Gasteiger partial charge in [-0.15, -0.1) is 0 Å². The van der Waals surface area contributed by atoms with Crippen LogP contribution < -0.4 is 5.32 Å². The summed E-state index contributed by atoms with van der Waals surface area (Å²) < 4.78 is 5.67. The molecule has 0 bridgehead atoms. The maximum absolute atomic E-state index is 5.67. The van der Waals surface area contributed by atoms with E-state index >= 15 is 0 Å². The van der Waals surface area contributed by atoms with E-state index in [1.807, 2.05) is 0 Å². The molecule has 1 saturated carbocycles. The first-order valence-corrected chi connectivity index (χ1v) is 6.76. The van der Waals surface area contributed by atoms with Crippen LogP contribution in [-0.4, -0.2) is 25.8 Å². The highest BCUT2D eigenvalue weighted by atomic mass is 16.5. The SMILES string of the molecule is C1CC(CCOCCCC2CCCN2)C1. The second-order valence-electron chi connectivity index (χ2n) is 5.13. The van der Waals surface area contributed by atoms with Gasteiger partial charge in [0, 0.05) is 19.3 Å². The maximum Gasteiger partial charge on any atom is 0.0468 e. The Morgan fingerprint density at radius 2 is 1.93 bits per heavy atom.